The fourth-order valence-corrected chi connectivity index (χ4v) is 5.37. The lowest BCUT2D eigenvalue weighted by Gasteiger charge is -2.24. The van der Waals surface area contributed by atoms with E-state index >= 15 is 0 Å². The van der Waals surface area contributed by atoms with Gasteiger partial charge in [0.15, 0.2) is 0 Å². The number of nitrogens with zero attached hydrogens (tertiary/aromatic N) is 4. The van der Waals surface area contributed by atoms with Crippen LogP contribution in [0.5, 0.6) is 23.0 Å². The third-order valence-corrected chi connectivity index (χ3v) is 7.81. The Kier molecular flexibility index (Phi) is 9.78. The molecule has 0 N–H and O–H groups in total. The summed E-state index contributed by atoms with van der Waals surface area (Å²) >= 11 is 0. The van der Waals surface area contributed by atoms with Gasteiger partial charge in [-0.3, -0.25) is 0 Å². The van der Waals surface area contributed by atoms with Crippen LogP contribution < -0.4 is 28.7 Å². The first kappa shape index (κ1) is 30.5. The zero-order valence-corrected chi connectivity index (χ0v) is 24.7. The fraction of sp³-hybridized carbons (Fsp3) is 0.353. The first-order valence-electron chi connectivity index (χ1n) is 13.8. The summed E-state index contributed by atoms with van der Waals surface area (Å²) in [5.74, 6) is 5.17. The molecule has 0 aliphatic carbocycles. The molecule has 1 aliphatic heterocycles. The highest BCUT2D eigenvalue weighted by atomic mass is 16.5. The summed E-state index contributed by atoms with van der Waals surface area (Å²) in [6.07, 6.45) is 4.87. The van der Waals surface area contributed by atoms with Crippen molar-refractivity contribution in [1.29, 1.82) is 0 Å². The maximum atomic E-state index is 5.55. The lowest BCUT2D eigenvalue weighted by Crippen LogP contribution is -2.31. The molecule has 0 amide bonds. The molecule has 1 aliphatic rings. The number of aromatic nitrogens is 2. The Bertz CT molecular complexity index is 1330. The van der Waals surface area contributed by atoms with Gasteiger partial charge in [-0.25, -0.2) is 9.97 Å². The van der Waals surface area contributed by atoms with Crippen molar-refractivity contribution in [1.82, 2.24) is 9.97 Å². The summed E-state index contributed by atoms with van der Waals surface area (Å²) in [6.45, 7) is 7.61. The van der Waals surface area contributed by atoms with Crippen molar-refractivity contribution in [2.24, 2.45) is 0 Å². The van der Waals surface area contributed by atoms with Crippen LogP contribution in [0.1, 0.15) is 25.0 Å². The molecule has 1 fully saturated rings. The zero-order chi connectivity index (χ0) is 28.9. The summed E-state index contributed by atoms with van der Waals surface area (Å²) in [5.41, 5.74) is 6.05. The molecule has 2 aromatic carbocycles. The van der Waals surface area contributed by atoms with Crippen LogP contribution in [0.25, 0.3) is 22.3 Å². The second-order valence-electron chi connectivity index (χ2n) is 10.1. The van der Waals surface area contributed by atoms with E-state index in [1.54, 1.807) is 28.4 Å². The van der Waals surface area contributed by atoms with Gasteiger partial charge in [0, 0.05) is 60.8 Å². The number of hydrogen-bond acceptors (Lipinski definition) is 8. The molecule has 0 radical (unpaired) electrons. The molecule has 0 saturated carbocycles. The van der Waals surface area contributed by atoms with Crippen LogP contribution in [-0.4, -0.2) is 64.6 Å². The number of rotatable bonds is 8. The molecule has 3 heterocycles. The average molecular weight is 571 g/mol. The molecule has 0 spiro atoms. The van der Waals surface area contributed by atoms with Gasteiger partial charge in [0.1, 0.15) is 34.6 Å². The molecule has 2 aromatic heterocycles. The number of pyridine rings is 2. The Morgan fingerprint density at radius 3 is 1.17 bits per heavy atom. The molecular weight excluding hydrogens is 528 g/mol. The Balaban J connectivity index is 0.00000405. The topological polar surface area (TPSA) is 69.2 Å². The van der Waals surface area contributed by atoms with Gasteiger partial charge in [-0.2, -0.15) is 0 Å². The van der Waals surface area contributed by atoms with Gasteiger partial charge in [0.05, 0.1) is 28.4 Å². The number of methoxy groups -OCH3 is 4. The second kappa shape index (κ2) is 13.5. The lowest BCUT2D eigenvalue weighted by atomic mass is 10.0. The highest BCUT2D eigenvalue weighted by molar-refractivity contribution is 5.70. The maximum Gasteiger partial charge on any atom is 0.128 e. The van der Waals surface area contributed by atoms with Crippen molar-refractivity contribution in [2.75, 3.05) is 64.4 Å². The SMILES string of the molecule is C.COc1cc(-c2ccc(N3CCCN(c4ccc(-c5cc(OC)c(C)c(OC)c5)cn4)CC3)nc2)cc(OC)c1C. The van der Waals surface area contributed by atoms with Crippen molar-refractivity contribution >= 4 is 11.6 Å². The summed E-state index contributed by atoms with van der Waals surface area (Å²) in [7, 11) is 6.72. The Labute approximate surface area is 249 Å². The minimum Gasteiger partial charge on any atom is -0.496 e. The molecule has 0 bridgehead atoms. The summed E-state index contributed by atoms with van der Waals surface area (Å²) < 4.78 is 22.2. The summed E-state index contributed by atoms with van der Waals surface area (Å²) in [6, 6.07) is 16.5. The molecule has 42 heavy (non-hydrogen) atoms. The third kappa shape index (κ3) is 6.22. The lowest BCUT2D eigenvalue weighted by molar-refractivity contribution is 0.389. The first-order chi connectivity index (χ1) is 19.9. The van der Waals surface area contributed by atoms with Gasteiger partial charge in [0.25, 0.3) is 0 Å². The highest BCUT2D eigenvalue weighted by Crippen LogP contribution is 2.36. The van der Waals surface area contributed by atoms with E-state index in [0.717, 1.165) is 101 Å². The molecule has 4 aromatic rings. The van der Waals surface area contributed by atoms with Crippen LogP contribution in [0.2, 0.25) is 0 Å². The summed E-state index contributed by atoms with van der Waals surface area (Å²) in [4.78, 5) is 14.3. The monoisotopic (exact) mass is 570 g/mol. The van der Waals surface area contributed by atoms with Crippen molar-refractivity contribution in [3.63, 3.8) is 0 Å². The van der Waals surface area contributed by atoms with Gasteiger partial charge in [0.2, 0.25) is 0 Å². The predicted octanol–water partition coefficient (Wildman–Crippen LogP) is 6.81. The van der Waals surface area contributed by atoms with E-state index in [1.165, 1.54) is 0 Å². The Morgan fingerprint density at radius 1 is 0.524 bits per heavy atom. The highest BCUT2D eigenvalue weighted by Gasteiger charge is 2.18. The molecule has 8 heteroatoms. The smallest absolute Gasteiger partial charge is 0.128 e. The average Bonchev–Trinajstić information content (AvgIpc) is 3.28. The fourth-order valence-electron chi connectivity index (χ4n) is 5.37. The zero-order valence-electron chi connectivity index (χ0n) is 24.7. The van der Waals surface area contributed by atoms with Crippen LogP contribution in [0.3, 0.4) is 0 Å². The van der Waals surface area contributed by atoms with Crippen molar-refractivity contribution in [3.8, 4) is 45.3 Å². The van der Waals surface area contributed by atoms with E-state index < -0.39 is 0 Å². The summed E-state index contributed by atoms with van der Waals surface area (Å²) in [5, 5.41) is 0. The maximum absolute atomic E-state index is 5.55. The van der Waals surface area contributed by atoms with Crippen molar-refractivity contribution in [3.05, 3.63) is 72.1 Å². The molecule has 1 saturated heterocycles. The quantitative estimate of drug-likeness (QED) is 0.229. The van der Waals surface area contributed by atoms with Crippen LogP contribution in [0.4, 0.5) is 11.6 Å². The number of anilines is 2. The van der Waals surface area contributed by atoms with Crippen LogP contribution >= 0.6 is 0 Å². The van der Waals surface area contributed by atoms with E-state index in [1.807, 2.05) is 50.5 Å². The van der Waals surface area contributed by atoms with Crippen molar-refractivity contribution in [2.45, 2.75) is 27.7 Å². The minimum atomic E-state index is 0. The molecule has 0 atom stereocenters. The Morgan fingerprint density at radius 2 is 0.881 bits per heavy atom. The van der Waals surface area contributed by atoms with Crippen LogP contribution in [0.15, 0.2) is 60.9 Å². The van der Waals surface area contributed by atoms with Crippen LogP contribution in [0, 0.1) is 13.8 Å². The number of hydrogen-bond donors (Lipinski definition) is 0. The third-order valence-electron chi connectivity index (χ3n) is 7.81. The van der Waals surface area contributed by atoms with E-state index in [-0.39, 0.29) is 7.43 Å². The van der Waals surface area contributed by atoms with E-state index in [2.05, 4.69) is 34.1 Å². The first-order valence-corrected chi connectivity index (χ1v) is 13.8. The van der Waals surface area contributed by atoms with E-state index in [0.29, 0.717) is 0 Å². The number of ether oxygens (including phenoxy) is 4. The largest absolute Gasteiger partial charge is 0.496 e. The van der Waals surface area contributed by atoms with E-state index in [4.69, 9.17) is 28.9 Å². The van der Waals surface area contributed by atoms with Gasteiger partial charge in [-0.05, 0) is 79.9 Å². The Hall–Kier alpha value is -4.46. The number of benzene rings is 2. The van der Waals surface area contributed by atoms with E-state index in [9.17, 15) is 0 Å². The van der Waals surface area contributed by atoms with Gasteiger partial charge in [-0.1, -0.05) is 7.43 Å². The molecule has 0 unspecified atom stereocenters. The van der Waals surface area contributed by atoms with Gasteiger partial charge < -0.3 is 28.7 Å². The standard InChI is InChI=1S/C33H38N4O4.CH4/c1-22-28(38-3)16-26(17-29(22)39-4)24-8-10-32(34-20-24)36-12-7-13-37(15-14-36)33-11-9-25(21-35-33)27-18-30(40-5)23(2)31(19-27)41-6;/h8-11,16-21H,7,12-15H2,1-6H3;1H4. The molecule has 5 rings (SSSR count). The molecule has 8 nitrogen and oxygen atoms in total. The second-order valence-corrected chi connectivity index (χ2v) is 10.1. The van der Waals surface area contributed by atoms with Gasteiger partial charge in [-0.15, -0.1) is 0 Å². The minimum absolute atomic E-state index is 0. The molecule has 222 valence electrons. The predicted molar refractivity (Wildman–Crippen MR) is 171 cm³/mol. The normalized spacial score (nSPS) is 13.2. The molecular formula is C34H42N4O4. The van der Waals surface area contributed by atoms with Crippen LogP contribution in [-0.2, 0) is 0 Å². The van der Waals surface area contributed by atoms with Gasteiger partial charge >= 0.3 is 0 Å². The van der Waals surface area contributed by atoms with Crippen molar-refractivity contribution < 1.29 is 18.9 Å².